The SMILES string of the molecule is CCNC1C(SCC(O)CO)CCC1(C)C. The summed E-state index contributed by atoms with van der Waals surface area (Å²) >= 11 is 1.79. The van der Waals surface area contributed by atoms with Crippen LogP contribution in [0.2, 0.25) is 0 Å². The highest BCUT2D eigenvalue weighted by molar-refractivity contribution is 8.00. The summed E-state index contributed by atoms with van der Waals surface area (Å²) in [7, 11) is 0. The van der Waals surface area contributed by atoms with E-state index in [1.54, 1.807) is 11.8 Å². The largest absolute Gasteiger partial charge is 0.394 e. The van der Waals surface area contributed by atoms with Crippen LogP contribution in [-0.2, 0) is 0 Å². The average Bonchev–Trinajstić information content (AvgIpc) is 2.53. The summed E-state index contributed by atoms with van der Waals surface area (Å²) in [6.07, 6.45) is 1.86. The zero-order valence-corrected chi connectivity index (χ0v) is 11.4. The number of hydrogen-bond acceptors (Lipinski definition) is 4. The molecule has 4 heteroatoms. The molecule has 1 aliphatic rings. The van der Waals surface area contributed by atoms with E-state index >= 15 is 0 Å². The molecule has 0 radical (unpaired) electrons. The molecule has 0 aromatic heterocycles. The minimum absolute atomic E-state index is 0.130. The molecule has 3 atom stereocenters. The molecular formula is C12H25NO2S. The monoisotopic (exact) mass is 247 g/mol. The number of aliphatic hydroxyl groups is 2. The maximum absolute atomic E-state index is 9.37. The molecule has 3 nitrogen and oxygen atoms in total. The van der Waals surface area contributed by atoms with Gasteiger partial charge in [-0.3, -0.25) is 0 Å². The van der Waals surface area contributed by atoms with Crippen molar-refractivity contribution in [3.05, 3.63) is 0 Å². The van der Waals surface area contributed by atoms with E-state index in [1.165, 1.54) is 12.8 Å². The number of aliphatic hydroxyl groups excluding tert-OH is 2. The smallest absolute Gasteiger partial charge is 0.0861 e. The summed E-state index contributed by atoms with van der Waals surface area (Å²) in [6, 6.07) is 0.522. The van der Waals surface area contributed by atoms with E-state index < -0.39 is 6.10 Å². The lowest BCUT2D eigenvalue weighted by Crippen LogP contribution is -2.43. The van der Waals surface area contributed by atoms with Gasteiger partial charge in [-0.1, -0.05) is 20.8 Å². The van der Waals surface area contributed by atoms with E-state index in [0.29, 0.717) is 22.5 Å². The van der Waals surface area contributed by atoms with Crippen molar-refractivity contribution in [3.63, 3.8) is 0 Å². The Labute approximate surface area is 103 Å². The Bertz CT molecular complexity index is 211. The first kappa shape index (κ1) is 14.3. The van der Waals surface area contributed by atoms with E-state index in [-0.39, 0.29) is 6.61 Å². The minimum atomic E-state index is -0.573. The van der Waals surface area contributed by atoms with Gasteiger partial charge in [0.1, 0.15) is 0 Å². The van der Waals surface area contributed by atoms with Crippen LogP contribution in [0.25, 0.3) is 0 Å². The number of thioether (sulfide) groups is 1. The molecule has 1 aliphatic carbocycles. The van der Waals surface area contributed by atoms with E-state index in [2.05, 4.69) is 26.1 Å². The van der Waals surface area contributed by atoms with Crippen molar-refractivity contribution in [3.8, 4) is 0 Å². The molecule has 96 valence electrons. The van der Waals surface area contributed by atoms with Gasteiger partial charge in [0.05, 0.1) is 12.7 Å². The highest BCUT2D eigenvalue weighted by atomic mass is 32.2. The molecule has 1 fully saturated rings. The van der Waals surface area contributed by atoms with Crippen LogP contribution in [0.1, 0.15) is 33.6 Å². The summed E-state index contributed by atoms with van der Waals surface area (Å²) < 4.78 is 0. The topological polar surface area (TPSA) is 52.5 Å². The second kappa shape index (κ2) is 6.24. The average molecular weight is 247 g/mol. The van der Waals surface area contributed by atoms with Crippen LogP contribution in [0, 0.1) is 5.41 Å². The zero-order valence-electron chi connectivity index (χ0n) is 10.6. The molecule has 1 rings (SSSR count). The summed E-state index contributed by atoms with van der Waals surface area (Å²) in [6.45, 7) is 7.62. The van der Waals surface area contributed by atoms with E-state index in [1.807, 2.05) is 0 Å². The molecule has 0 spiro atoms. The molecule has 0 aromatic carbocycles. The van der Waals surface area contributed by atoms with Crippen molar-refractivity contribution in [1.82, 2.24) is 5.32 Å². The van der Waals surface area contributed by atoms with Gasteiger partial charge in [0.2, 0.25) is 0 Å². The van der Waals surface area contributed by atoms with Crippen LogP contribution in [0.5, 0.6) is 0 Å². The van der Waals surface area contributed by atoms with Crippen molar-refractivity contribution in [2.24, 2.45) is 5.41 Å². The van der Waals surface area contributed by atoms with E-state index in [4.69, 9.17) is 5.11 Å². The minimum Gasteiger partial charge on any atom is -0.394 e. The maximum atomic E-state index is 9.37. The van der Waals surface area contributed by atoms with Gasteiger partial charge >= 0.3 is 0 Å². The molecule has 16 heavy (non-hydrogen) atoms. The summed E-state index contributed by atoms with van der Waals surface area (Å²) in [4.78, 5) is 0. The highest BCUT2D eigenvalue weighted by Crippen LogP contribution is 2.42. The van der Waals surface area contributed by atoms with Crippen molar-refractivity contribution in [2.75, 3.05) is 18.9 Å². The molecular weight excluding hydrogens is 222 g/mol. The van der Waals surface area contributed by atoms with Gasteiger partial charge in [0.15, 0.2) is 0 Å². The predicted octanol–water partition coefficient (Wildman–Crippen LogP) is 1.24. The third kappa shape index (κ3) is 3.62. The molecule has 1 saturated carbocycles. The fraction of sp³-hybridized carbons (Fsp3) is 1.00. The second-order valence-corrected chi connectivity index (χ2v) is 6.54. The Balaban J connectivity index is 2.46. The molecule has 0 bridgehead atoms. The van der Waals surface area contributed by atoms with Gasteiger partial charge in [-0.25, -0.2) is 0 Å². The van der Waals surface area contributed by atoms with E-state index in [9.17, 15) is 5.11 Å². The van der Waals surface area contributed by atoms with Crippen LogP contribution in [0.3, 0.4) is 0 Å². The molecule has 0 saturated heterocycles. The molecule has 3 unspecified atom stereocenters. The lowest BCUT2D eigenvalue weighted by molar-refractivity contribution is 0.113. The van der Waals surface area contributed by atoms with Crippen LogP contribution < -0.4 is 5.32 Å². The van der Waals surface area contributed by atoms with Gasteiger partial charge in [-0.05, 0) is 24.8 Å². The zero-order chi connectivity index (χ0) is 12.2. The van der Waals surface area contributed by atoms with E-state index in [0.717, 1.165) is 6.54 Å². The molecule has 0 aliphatic heterocycles. The maximum Gasteiger partial charge on any atom is 0.0861 e. The van der Waals surface area contributed by atoms with Crippen LogP contribution in [0.15, 0.2) is 0 Å². The molecule has 3 N–H and O–H groups in total. The fourth-order valence-electron chi connectivity index (χ4n) is 2.43. The number of nitrogens with one attached hydrogen (secondary N) is 1. The van der Waals surface area contributed by atoms with Gasteiger partial charge < -0.3 is 15.5 Å². The van der Waals surface area contributed by atoms with Crippen LogP contribution in [-0.4, -0.2) is 46.5 Å². The lowest BCUT2D eigenvalue weighted by Gasteiger charge is -2.31. The first-order valence-electron chi connectivity index (χ1n) is 6.15. The Morgan fingerprint density at radius 1 is 1.50 bits per heavy atom. The summed E-state index contributed by atoms with van der Waals surface area (Å²) in [5.74, 6) is 0.638. The normalized spacial score (nSPS) is 30.6. The van der Waals surface area contributed by atoms with Crippen molar-refractivity contribution < 1.29 is 10.2 Å². The quantitative estimate of drug-likeness (QED) is 0.661. The van der Waals surface area contributed by atoms with Crippen LogP contribution >= 0.6 is 11.8 Å². The van der Waals surface area contributed by atoms with Gasteiger partial charge in [-0.15, -0.1) is 0 Å². The molecule has 0 amide bonds. The Kier molecular flexibility index (Phi) is 5.57. The highest BCUT2D eigenvalue weighted by Gasteiger charge is 2.41. The van der Waals surface area contributed by atoms with Gasteiger partial charge in [0, 0.05) is 17.0 Å². The third-order valence-electron chi connectivity index (χ3n) is 3.42. The molecule has 0 heterocycles. The van der Waals surface area contributed by atoms with Crippen molar-refractivity contribution in [1.29, 1.82) is 0 Å². The number of hydrogen-bond donors (Lipinski definition) is 3. The summed E-state index contributed by atoms with van der Waals surface area (Å²) in [5.41, 5.74) is 0.345. The van der Waals surface area contributed by atoms with Gasteiger partial charge in [0.25, 0.3) is 0 Å². The Morgan fingerprint density at radius 3 is 2.75 bits per heavy atom. The third-order valence-corrected chi connectivity index (χ3v) is 4.94. The van der Waals surface area contributed by atoms with Crippen molar-refractivity contribution in [2.45, 2.75) is 51.0 Å². The second-order valence-electron chi connectivity index (χ2n) is 5.27. The standard InChI is InChI=1S/C12H25NO2S/c1-4-13-11-10(5-6-12(11,2)3)16-8-9(15)7-14/h9-11,13-15H,4-8H2,1-3H3. The molecule has 0 aromatic rings. The first-order valence-corrected chi connectivity index (χ1v) is 7.20. The predicted molar refractivity (Wildman–Crippen MR) is 69.8 cm³/mol. The van der Waals surface area contributed by atoms with Crippen molar-refractivity contribution >= 4 is 11.8 Å². The Hall–Kier alpha value is 0.230. The fourth-order valence-corrected chi connectivity index (χ4v) is 3.95. The Morgan fingerprint density at radius 2 is 2.19 bits per heavy atom. The first-order chi connectivity index (χ1) is 7.51. The number of rotatable bonds is 6. The lowest BCUT2D eigenvalue weighted by atomic mass is 9.87. The van der Waals surface area contributed by atoms with Crippen LogP contribution in [0.4, 0.5) is 0 Å². The van der Waals surface area contributed by atoms with Gasteiger partial charge in [-0.2, -0.15) is 11.8 Å². The summed E-state index contributed by atoms with van der Waals surface area (Å²) in [5, 5.41) is 22.3.